The van der Waals surface area contributed by atoms with E-state index in [1.54, 1.807) is 0 Å². The van der Waals surface area contributed by atoms with E-state index in [1.807, 2.05) is 0 Å². The zero-order valence-electron chi connectivity index (χ0n) is 9.15. The Morgan fingerprint density at radius 3 is 2.80 bits per heavy atom. The maximum Gasteiger partial charge on any atom is 0.0413 e. The average Bonchev–Trinajstić information content (AvgIpc) is 2.66. The predicted molar refractivity (Wildman–Crippen MR) is 67.8 cm³/mol. The Balaban J connectivity index is 0.00000112. The van der Waals surface area contributed by atoms with Gasteiger partial charge in [-0.3, -0.25) is 0 Å². The van der Waals surface area contributed by atoms with Crippen molar-refractivity contribution in [3.05, 3.63) is 29.8 Å². The van der Waals surface area contributed by atoms with Gasteiger partial charge in [0.25, 0.3) is 0 Å². The molecular weight excluding hydrogens is 208 g/mol. The van der Waals surface area contributed by atoms with Crippen LogP contribution in [-0.2, 0) is 0 Å². The molecular formula is C12H19ClN2. The number of para-hydroxylation sites is 1. The van der Waals surface area contributed by atoms with Crippen LogP contribution >= 0.6 is 12.4 Å². The number of rotatable bonds is 2. The topological polar surface area (TPSA) is 29.3 Å². The predicted octanol–water partition coefficient (Wildman–Crippen LogP) is 2.34. The van der Waals surface area contributed by atoms with E-state index in [0.29, 0.717) is 6.04 Å². The number of nitrogens with two attached hydrogens (primary N) is 1. The van der Waals surface area contributed by atoms with E-state index in [0.717, 1.165) is 13.1 Å². The minimum absolute atomic E-state index is 0. The first-order chi connectivity index (χ1) is 6.83. The van der Waals surface area contributed by atoms with Gasteiger partial charge in [0.15, 0.2) is 0 Å². The summed E-state index contributed by atoms with van der Waals surface area (Å²) in [7, 11) is 0. The van der Waals surface area contributed by atoms with Crippen LogP contribution in [0.3, 0.4) is 0 Å². The minimum Gasteiger partial charge on any atom is -0.367 e. The van der Waals surface area contributed by atoms with E-state index >= 15 is 0 Å². The van der Waals surface area contributed by atoms with E-state index in [-0.39, 0.29) is 12.4 Å². The van der Waals surface area contributed by atoms with E-state index in [2.05, 4.69) is 36.1 Å². The summed E-state index contributed by atoms with van der Waals surface area (Å²) in [5.74, 6) is 0. The lowest BCUT2D eigenvalue weighted by Gasteiger charge is -2.27. The number of benzene rings is 1. The standard InChI is InChI=1S/C12H18N2.ClH/c1-10-5-2-3-7-12(10)14-8-4-6-11(14)9-13;/h2-3,5,7,11H,4,6,8-9,13H2,1H3;1H. The molecule has 1 saturated heterocycles. The van der Waals surface area contributed by atoms with Crippen molar-refractivity contribution in [2.45, 2.75) is 25.8 Å². The summed E-state index contributed by atoms with van der Waals surface area (Å²) < 4.78 is 0. The Morgan fingerprint density at radius 1 is 1.40 bits per heavy atom. The van der Waals surface area contributed by atoms with E-state index < -0.39 is 0 Å². The van der Waals surface area contributed by atoms with Crippen molar-refractivity contribution in [3.8, 4) is 0 Å². The largest absolute Gasteiger partial charge is 0.367 e. The fraction of sp³-hybridized carbons (Fsp3) is 0.500. The Morgan fingerprint density at radius 2 is 2.13 bits per heavy atom. The van der Waals surface area contributed by atoms with Crippen LogP contribution in [-0.4, -0.2) is 19.1 Å². The lowest BCUT2D eigenvalue weighted by Crippen LogP contribution is -2.35. The summed E-state index contributed by atoms with van der Waals surface area (Å²) >= 11 is 0. The van der Waals surface area contributed by atoms with Crippen molar-refractivity contribution in [1.29, 1.82) is 0 Å². The highest BCUT2D eigenvalue weighted by Crippen LogP contribution is 2.27. The van der Waals surface area contributed by atoms with Crippen molar-refractivity contribution in [2.24, 2.45) is 5.73 Å². The van der Waals surface area contributed by atoms with E-state index in [9.17, 15) is 0 Å². The normalized spacial score (nSPS) is 20.1. The Bertz CT molecular complexity index is 314. The van der Waals surface area contributed by atoms with Gasteiger partial charge in [-0.2, -0.15) is 0 Å². The molecule has 0 amide bonds. The fourth-order valence-corrected chi connectivity index (χ4v) is 2.28. The molecule has 3 heteroatoms. The van der Waals surface area contributed by atoms with Crippen LogP contribution in [0.1, 0.15) is 18.4 Å². The molecule has 2 N–H and O–H groups in total. The number of anilines is 1. The number of nitrogens with zero attached hydrogens (tertiary/aromatic N) is 1. The van der Waals surface area contributed by atoms with Gasteiger partial charge < -0.3 is 10.6 Å². The molecule has 0 aromatic heterocycles. The Kier molecular flexibility index (Phi) is 4.43. The van der Waals surface area contributed by atoms with Gasteiger partial charge in [0.05, 0.1) is 0 Å². The Labute approximate surface area is 97.9 Å². The van der Waals surface area contributed by atoms with Gasteiger partial charge in [0.1, 0.15) is 0 Å². The van der Waals surface area contributed by atoms with Gasteiger partial charge in [-0.1, -0.05) is 18.2 Å². The van der Waals surface area contributed by atoms with Gasteiger partial charge in [-0.25, -0.2) is 0 Å². The molecule has 0 saturated carbocycles. The Hall–Kier alpha value is -0.730. The molecule has 2 nitrogen and oxygen atoms in total. The summed E-state index contributed by atoms with van der Waals surface area (Å²) in [6.07, 6.45) is 2.51. The van der Waals surface area contributed by atoms with Crippen LogP contribution in [0, 0.1) is 6.92 Å². The van der Waals surface area contributed by atoms with E-state index in [1.165, 1.54) is 24.1 Å². The first-order valence-corrected chi connectivity index (χ1v) is 5.35. The van der Waals surface area contributed by atoms with E-state index in [4.69, 9.17) is 5.73 Å². The molecule has 1 atom stereocenters. The molecule has 0 radical (unpaired) electrons. The molecule has 1 unspecified atom stereocenters. The fourth-order valence-electron chi connectivity index (χ4n) is 2.28. The molecule has 1 aromatic carbocycles. The molecule has 1 heterocycles. The highest BCUT2D eigenvalue weighted by molar-refractivity contribution is 5.85. The highest BCUT2D eigenvalue weighted by Gasteiger charge is 2.23. The van der Waals surface area contributed by atoms with Crippen molar-refractivity contribution in [1.82, 2.24) is 0 Å². The SMILES string of the molecule is Cc1ccccc1N1CCCC1CN.Cl. The molecule has 0 spiro atoms. The summed E-state index contributed by atoms with van der Waals surface area (Å²) in [5, 5.41) is 0. The van der Waals surface area contributed by atoms with Crippen LogP contribution in [0.5, 0.6) is 0 Å². The summed E-state index contributed by atoms with van der Waals surface area (Å²) in [6.45, 7) is 4.10. The number of aryl methyl sites for hydroxylation is 1. The number of hydrogen-bond acceptors (Lipinski definition) is 2. The molecule has 2 rings (SSSR count). The molecule has 1 aliphatic heterocycles. The average molecular weight is 227 g/mol. The van der Waals surface area contributed by atoms with Crippen molar-refractivity contribution < 1.29 is 0 Å². The molecule has 84 valence electrons. The van der Waals surface area contributed by atoms with Gasteiger partial charge in [0, 0.05) is 24.8 Å². The second-order valence-corrected chi connectivity index (χ2v) is 4.01. The number of halogens is 1. The van der Waals surface area contributed by atoms with Crippen molar-refractivity contribution >= 4 is 18.1 Å². The minimum atomic E-state index is 0. The third-order valence-electron chi connectivity index (χ3n) is 3.07. The molecule has 15 heavy (non-hydrogen) atoms. The van der Waals surface area contributed by atoms with Gasteiger partial charge >= 0.3 is 0 Å². The quantitative estimate of drug-likeness (QED) is 0.839. The van der Waals surface area contributed by atoms with Crippen molar-refractivity contribution in [3.63, 3.8) is 0 Å². The van der Waals surface area contributed by atoms with Crippen molar-refractivity contribution in [2.75, 3.05) is 18.0 Å². The lowest BCUT2D eigenvalue weighted by molar-refractivity contribution is 0.676. The smallest absolute Gasteiger partial charge is 0.0413 e. The zero-order valence-corrected chi connectivity index (χ0v) is 9.96. The van der Waals surface area contributed by atoms with Crippen LogP contribution in [0.4, 0.5) is 5.69 Å². The lowest BCUT2D eigenvalue weighted by atomic mass is 10.1. The summed E-state index contributed by atoms with van der Waals surface area (Å²) in [4.78, 5) is 2.45. The molecule has 1 aromatic rings. The van der Waals surface area contributed by atoms with Gasteiger partial charge in [-0.05, 0) is 31.4 Å². The number of hydrogen-bond donors (Lipinski definition) is 1. The maximum atomic E-state index is 5.77. The first-order valence-electron chi connectivity index (χ1n) is 5.35. The first kappa shape index (κ1) is 12.3. The molecule has 0 bridgehead atoms. The van der Waals surface area contributed by atoms with Crippen LogP contribution < -0.4 is 10.6 Å². The van der Waals surface area contributed by atoms with Crippen LogP contribution in [0.15, 0.2) is 24.3 Å². The van der Waals surface area contributed by atoms with Gasteiger partial charge in [-0.15, -0.1) is 12.4 Å². The monoisotopic (exact) mass is 226 g/mol. The zero-order chi connectivity index (χ0) is 9.97. The summed E-state index contributed by atoms with van der Waals surface area (Å²) in [6, 6.07) is 9.11. The maximum absolute atomic E-state index is 5.77. The highest BCUT2D eigenvalue weighted by atomic mass is 35.5. The molecule has 0 aliphatic carbocycles. The third kappa shape index (κ3) is 2.44. The third-order valence-corrected chi connectivity index (χ3v) is 3.07. The van der Waals surface area contributed by atoms with Gasteiger partial charge in [0.2, 0.25) is 0 Å². The van der Waals surface area contributed by atoms with Crippen LogP contribution in [0.25, 0.3) is 0 Å². The van der Waals surface area contributed by atoms with Crippen LogP contribution in [0.2, 0.25) is 0 Å². The summed E-state index contributed by atoms with van der Waals surface area (Å²) in [5.41, 5.74) is 8.49. The second-order valence-electron chi connectivity index (χ2n) is 4.01. The molecule has 1 aliphatic rings. The molecule has 1 fully saturated rings. The second kappa shape index (κ2) is 5.38.